The largest absolute Gasteiger partial charge is 0.312 e. The van der Waals surface area contributed by atoms with Crippen LogP contribution in [0.4, 0.5) is 0 Å². The zero-order valence-corrected chi connectivity index (χ0v) is 11.2. The Morgan fingerprint density at radius 1 is 1.44 bits per heavy atom. The van der Waals surface area contributed by atoms with Crippen LogP contribution in [0.5, 0.6) is 0 Å². The van der Waals surface area contributed by atoms with E-state index in [-0.39, 0.29) is 5.54 Å². The molecule has 1 atom stereocenters. The van der Waals surface area contributed by atoms with Crippen LogP contribution in [0.15, 0.2) is 12.4 Å². The van der Waals surface area contributed by atoms with Crippen LogP contribution in [0.2, 0.25) is 0 Å². The summed E-state index contributed by atoms with van der Waals surface area (Å²) in [5, 5.41) is 7.83. The Hall–Kier alpha value is -0.830. The highest BCUT2D eigenvalue weighted by Crippen LogP contribution is 2.08. The molecule has 1 aromatic heterocycles. The fraction of sp³-hybridized carbons (Fsp3) is 0.769. The van der Waals surface area contributed by atoms with E-state index in [1.165, 1.54) is 5.56 Å². The van der Waals surface area contributed by atoms with Gasteiger partial charge >= 0.3 is 0 Å². The standard InChI is InChI=1S/C13H25N3/c1-6-16-10-12(9-15-16)7-11(2)8-14-13(3,4)5/h9-11,14H,6-8H2,1-5H3. The van der Waals surface area contributed by atoms with Gasteiger partial charge in [-0.05, 0) is 52.1 Å². The minimum atomic E-state index is 0.210. The summed E-state index contributed by atoms with van der Waals surface area (Å²) in [6.07, 6.45) is 5.23. The van der Waals surface area contributed by atoms with Crippen LogP contribution < -0.4 is 5.32 Å². The highest BCUT2D eigenvalue weighted by Gasteiger charge is 2.11. The first-order valence-electron chi connectivity index (χ1n) is 6.17. The lowest BCUT2D eigenvalue weighted by Crippen LogP contribution is -2.38. The molecular weight excluding hydrogens is 198 g/mol. The SMILES string of the molecule is CCn1cc(CC(C)CNC(C)(C)C)cn1. The molecular formula is C13H25N3. The molecule has 16 heavy (non-hydrogen) atoms. The first-order valence-corrected chi connectivity index (χ1v) is 6.17. The second kappa shape index (κ2) is 5.48. The quantitative estimate of drug-likeness (QED) is 0.831. The number of rotatable bonds is 5. The van der Waals surface area contributed by atoms with Crippen molar-refractivity contribution in [1.29, 1.82) is 0 Å². The summed E-state index contributed by atoms with van der Waals surface area (Å²) in [6, 6.07) is 0. The topological polar surface area (TPSA) is 29.9 Å². The monoisotopic (exact) mass is 223 g/mol. The molecule has 0 saturated heterocycles. The first kappa shape index (κ1) is 13.2. The van der Waals surface area contributed by atoms with Crippen molar-refractivity contribution >= 4 is 0 Å². The number of hydrogen-bond donors (Lipinski definition) is 1. The second-order valence-corrected chi connectivity index (χ2v) is 5.64. The maximum atomic E-state index is 4.29. The third kappa shape index (κ3) is 4.79. The minimum absolute atomic E-state index is 0.210. The van der Waals surface area contributed by atoms with E-state index in [2.05, 4.69) is 51.2 Å². The van der Waals surface area contributed by atoms with Gasteiger partial charge in [0.25, 0.3) is 0 Å². The van der Waals surface area contributed by atoms with Crippen molar-refractivity contribution in [3.8, 4) is 0 Å². The Morgan fingerprint density at radius 2 is 2.12 bits per heavy atom. The Kier molecular flexibility index (Phi) is 4.54. The maximum Gasteiger partial charge on any atom is 0.0521 e. The van der Waals surface area contributed by atoms with Gasteiger partial charge < -0.3 is 5.32 Å². The molecule has 0 aliphatic heterocycles. The zero-order valence-electron chi connectivity index (χ0n) is 11.2. The average molecular weight is 223 g/mol. The summed E-state index contributed by atoms with van der Waals surface area (Å²) >= 11 is 0. The van der Waals surface area contributed by atoms with Crippen LogP contribution in [-0.4, -0.2) is 21.9 Å². The smallest absolute Gasteiger partial charge is 0.0521 e. The zero-order chi connectivity index (χ0) is 12.2. The molecule has 1 N–H and O–H groups in total. The number of hydrogen-bond acceptors (Lipinski definition) is 2. The van der Waals surface area contributed by atoms with E-state index in [1.54, 1.807) is 0 Å². The molecule has 0 fully saturated rings. The Balaban J connectivity index is 2.36. The van der Waals surface area contributed by atoms with Crippen molar-refractivity contribution in [3.63, 3.8) is 0 Å². The summed E-state index contributed by atoms with van der Waals surface area (Å²) < 4.78 is 1.99. The van der Waals surface area contributed by atoms with Gasteiger partial charge in [0.15, 0.2) is 0 Å². The van der Waals surface area contributed by atoms with E-state index in [4.69, 9.17) is 0 Å². The van der Waals surface area contributed by atoms with Gasteiger partial charge in [-0.1, -0.05) is 6.92 Å². The van der Waals surface area contributed by atoms with E-state index in [1.807, 2.05) is 10.9 Å². The molecule has 3 nitrogen and oxygen atoms in total. The fourth-order valence-corrected chi connectivity index (χ4v) is 1.64. The van der Waals surface area contributed by atoms with Crippen LogP contribution >= 0.6 is 0 Å². The molecule has 0 amide bonds. The molecule has 0 aliphatic carbocycles. The lowest BCUT2D eigenvalue weighted by Gasteiger charge is -2.23. The lowest BCUT2D eigenvalue weighted by atomic mass is 10.0. The van der Waals surface area contributed by atoms with Crippen molar-refractivity contribution < 1.29 is 0 Å². The average Bonchev–Trinajstić information content (AvgIpc) is 2.61. The van der Waals surface area contributed by atoms with Crippen LogP contribution in [-0.2, 0) is 13.0 Å². The van der Waals surface area contributed by atoms with Gasteiger partial charge in [0.05, 0.1) is 6.20 Å². The van der Waals surface area contributed by atoms with Crippen molar-refractivity contribution in [3.05, 3.63) is 18.0 Å². The van der Waals surface area contributed by atoms with E-state index >= 15 is 0 Å². The third-order valence-electron chi connectivity index (χ3n) is 2.58. The number of nitrogens with one attached hydrogen (secondary N) is 1. The summed E-state index contributed by atoms with van der Waals surface area (Å²) in [5.74, 6) is 0.647. The summed E-state index contributed by atoms with van der Waals surface area (Å²) in [5.41, 5.74) is 1.55. The Morgan fingerprint density at radius 3 is 2.62 bits per heavy atom. The second-order valence-electron chi connectivity index (χ2n) is 5.64. The van der Waals surface area contributed by atoms with E-state index in [0.29, 0.717) is 5.92 Å². The molecule has 1 heterocycles. The van der Waals surface area contributed by atoms with Crippen molar-refractivity contribution in [2.24, 2.45) is 5.92 Å². The van der Waals surface area contributed by atoms with Crippen molar-refractivity contribution in [1.82, 2.24) is 15.1 Å². The molecule has 92 valence electrons. The Bertz CT molecular complexity index is 309. The first-order chi connectivity index (χ1) is 7.40. The molecule has 0 radical (unpaired) electrons. The molecule has 3 heteroatoms. The minimum Gasteiger partial charge on any atom is -0.312 e. The third-order valence-corrected chi connectivity index (χ3v) is 2.58. The highest BCUT2D eigenvalue weighted by molar-refractivity contribution is 5.04. The van der Waals surface area contributed by atoms with Gasteiger partial charge in [0, 0.05) is 18.3 Å². The van der Waals surface area contributed by atoms with E-state index in [9.17, 15) is 0 Å². The predicted molar refractivity (Wildman–Crippen MR) is 68.5 cm³/mol. The van der Waals surface area contributed by atoms with Gasteiger partial charge in [-0.3, -0.25) is 4.68 Å². The van der Waals surface area contributed by atoms with Crippen LogP contribution in [0.25, 0.3) is 0 Å². The number of aryl methyl sites for hydroxylation is 1. The van der Waals surface area contributed by atoms with Gasteiger partial charge in [-0.25, -0.2) is 0 Å². The van der Waals surface area contributed by atoms with Gasteiger partial charge in [0.1, 0.15) is 0 Å². The molecule has 1 unspecified atom stereocenters. The predicted octanol–water partition coefficient (Wildman–Crippen LogP) is 2.47. The van der Waals surface area contributed by atoms with Crippen LogP contribution in [0.1, 0.15) is 40.2 Å². The number of nitrogens with zero attached hydrogens (tertiary/aromatic N) is 2. The van der Waals surface area contributed by atoms with Crippen molar-refractivity contribution in [2.45, 2.75) is 53.1 Å². The van der Waals surface area contributed by atoms with E-state index < -0.39 is 0 Å². The molecule has 0 bridgehead atoms. The molecule has 0 saturated carbocycles. The summed E-state index contributed by atoms with van der Waals surface area (Å²) in [7, 11) is 0. The lowest BCUT2D eigenvalue weighted by molar-refractivity contribution is 0.381. The number of aromatic nitrogens is 2. The fourth-order valence-electron chi connectivity index (χ4n) is 1.64. The van der Waals surface area contributed by atoms with Gasteiger partial charge in [-0.2, -0.15) is 5.10 Å². The molecule has 0 spiro atoms. The molecule has 1 aromatic rings. The van der Waals surface area contributed by atoms with E-state index in [0.717, 1.165) is 19.5 Å². The van der Waals surface area contributed by atoms with Gasteiger partial charge in [0.2, 0.25) is 0 Å². The van der Waals surface area contributed by atoms with Crippen LogP contribution in [0.3, 0.4) is 0 Å². The summed E-state index contributed by atoms with van der Waals surface area (Å²) in [6.45, 7) is 13.0. The molecule has 1 rings (SSSR count). The normalized spacial score (nSPS) is 14.1. The van der Waals surface area contributed by atoms with Gasteiger partial charge in [-0.15, -0.1) is 0 Å². The molecule has 0 aromatic carbocycles. The molecule has 0 aliphatic rings. The highest BCUT2D eigenvalue weighted by atomic mass is 15.3. The van der Waals surface area contributed by atoms with Crippen molar-refractivity contribution in [2.75, 3.05) is 6.54 Å². The summed E-state index contributed by atoms with van der Waals surface area (Å²) in [4.78, 5) is 0. The Labute approximate surface area is 99.2 Å². The maximum absolute atomic E-state index is 4.29. The van der Waals surface area contributed by atoms with Crippen LogP contribution in [0, 0.1) is 5.92 Å².